The molecule has 3 fully saturated rings. The molecule has 7 unspecified atom stereocenters. The van der Waals surface area contributed by atoms with Gasteiger partial charge in [-0.15, -0.1) is 0 Å². The lowest BCUT2D eigenvalue weighted by Gasteiger charge is -2.50. The van der Waals surface area contributed by atoms with Crippen LogP contribution in [0.2, 0.25) is 0 Å². The van der Waals surface area contributed by atoms with Gasteiger partial charge in [0.05, 0.1) is 25.4 Å². The number of ketones is 1. The van der Waals surface area contributed by atoms with E-state index in [9.17, 15) is 75.0 Å². The van der Waals surface area contributed by atoms with Gasteiger partial charge >= 0.3 is 5.97 Å². The van der Waals surface area contributed by atoms with Crippen LogP contribution in [0.3, 0.4) is 0 Å². The quantitative estimate of drug-likeness (QED) is 0.0451. The molecule has 3 heterocycles. The van der Waals surface area contributed by atoms with Gasteiger partial charge in [0.2, 0.25) is 17.7 Å². The Morgan fingerprint density at radius 3 is 1.95 bits per heavy atom. The molecular weight excluding hydrogens is 798 g/mol. The van der Waals surface area contributed by atoms with E-state index in [1.165, 1.54) is 7.05 Å². The van der Waals surface area contributed by atoms with Gasteiger partial charge in [-0.2, -0.15) is 0 Å². The lowest BCUT2D eigenvalue weighted by Crippen LogP contribution is -2.70. The second-order valence-electron chi connectivity index (χ2n) is 14.6. The SMILES string of the molecule is CNC(=O)CCCCC(=O)CCCCO[C@@H]1OC(CO)[C@@H](O[C@@H]2OC(O[C@]3(C(=O)O)C[C@@H](O)[C@@H](NC(C)=O)C(C(O)C(O)CO)O3)[C@H](O)[C@H](O)C2O)[C@H](O)C1NC(C)=O. The van der Waals surface area contributed by atoms with E-state index in [-0.39, 0.29) is 24.7 Å². The lowest BCUT2D eigenvalue weighted by molar-refractivity contribution is -0.418. The fourth-order valence-electron chi connectivity index (χ4n) is 6.87. The van der Waals surface area contributed by atoms with Crippen molar-refractivity contribution in [3.8, 4) is 0 Å². The van der Waals surface area contributed by atoms with E-state index in [2.05, 4.69) is 16.0 Å². The van der Waals surface area contributed by atoms with Crippen LogP contribution < -0.4 is 16.0 Å². The first-order chi connectivity index (χ1) is 27.8. The molecule has 0 aromatic carbocycles. The Kier molecular flexibility index (Phi) is 19.8. The molecule has 13 N–H and O–H groups in total. The number of hydrogen-bond donors (Lipinski definition) is 13. The van der Waals surface area contributed by atoms with Crippen molar-refractivity contribution in [3.63, 3.8) is 0 Å². The molecular formula is C35H59N3O21. The van der Waals surface area contributed by atoms with Crippen molar-refractivity contribution in [2.45, 2.75) is 163 Å². The second-order valence-corrected chi connectivity index (χ2v) is 14.6. The highest BCUT2D eigenvalue weighted by molar-refractivity contribution is 5.79. The molecule has 0 aromatic rings. The number of unbranched alkanes of at least 4 members (excludes halogenated alkanes) is 2. The number of aliphatic hydroxyl groups excluding tert-OH is 9. The third-order valence-corrected chi connectivity index (χ3v) is 10.1. The molecule has 0 radical (unpaired) electrons. The predicted molar refractivity (Wildman–Crippen MR) is 192 cm³/mol. The van der Waals surface area contributed by atoms with Gasteiger partial charge in [0, 0.05) is 53.2 Å². The maximum absolute atomic E-state index is 12.7. The summed E-state index contributed by atoms with van der Waals surface area (Å²) in [6.45, 7) is 0.221. The Balaban J connectivity index is 1.74. The lowest BCUT2D eigenvalue weighted by atomic mass is 9.88. The first kappa shape index (κ1) is 50.3. The van der Waals surface area contributed by atoms with Crippen LogP contribution in [-0.2, 0) is 52.4 Å². The van der Waals surface area contributed by atoms with E-state index in [4.69, 9.17) is 28.4 Å². The van der Waals surface area contributed by atoms with Crippen LogP contribution >= 0.6 is 0 Å². The zero-order valence-corrected chi connectivity index (χ0v) is 32.9. The van der Waals surface area contributed by atoms with E-state index in [1.807, 2.05) is 0 Å². The van der Waals surface area contributed by atoms with Crippen molar-refractivity contribution in [1.82, 2.24) is 16.0 Å². The minimum atomic E-state index is -3.07. The van der Waals surface area contributed by atoms with Gasteiger partial charge in [-0.25, -0.2) is 4.79 Å². The highest BCUT2D eigenvalue weighted by atomic mass is 16.8. The number of hydrogen-bond acceptors (Lipinski definition) is 20. The van der Waals surface area contributed by atoms with Gasteiger partial charge in [-0.3, -0.25) is 19.2 Å². The van der Waals surface area contributed by atoms with E-state index in [0.717, 1.165) is 13.8 Å². The predicted octanol–water partition coefficient (Wildman–Crippen LogP) is -6.05. The summed E-state index contributed by atoms with van der Waals surface area (Å²) in [7, 11) is 1.53. The molecule has 59 heavy (non-hydrogen) atoms. The number of aliphatic carboxylic acids is 1. The molecule has 3 saturated heterocycles. The average molecular weight is 858 g/mol. The number of aliphatic hydroxyl groups is 9. The third-order valence-electron chi connectivity index (χ3n) is 10.1. The minimum Gasteiger partial charge on any atom is -0.477 e. The largest absolute Gasteiger partial charge is 0.477 e. The molecule has 24 heteroatoms. The van der Waals surface area contributed by atoms with Crippen LogP contribution in [0, 0.1) is 0 Å². The molecule has 0 aliphatic carbocycles. The van der Waals surface area contributed by atoms with Crippen LogP contribution in [0.5, 0.6) is 0 Å². The van der Waals surface area contributed by atoms with Crippen molar-refractivity contribution in [3.05, 3.63) is 0 Å². The van der Waals surface area contributed by atoms with Gasteiger partial charge in [0.15, 0.2) is 18.9 Å². The van der Waals surface area contributed by atoms with Gasteiger partial charge in [-0.05, 0) is 25.7 Å². The summed E-state index contributed by atoms with van der Waals surface area (Å²) in [6, 6.07) is -2.95. The number of carboxylic acids is 1. The molecule has 16 atom stereocenters. The summed E-state index contributed by atoms with van der Waals surface area (Å²) in [5.41, 5.74) is 0. The Morgan fingerprint density at radius 1 is 0.780 bits per heavy atom. The Labute approximate surface area is 338 Å². The first-order valence-corrected chi connectivity index (χ1v) is 19.2. The number of ether oxygens (including phenoxy) is 6. The number of rotatable bonds is 22. The minimum absolute atomic E-state index is 0.00132. The number of Topliss-reactive ketones (excluding diaryl/α,β-unsaturated/α-hetero) is 1. The molecule has 3 aliphatic rings. The van der Waals surface area contributed by atoms with Crippen LogP contribution in [0.4, 0.5) is 0 Å². The third kappa shape index (κ3) is 13.5. The monoisotopic (exact) mass is 857 g/mol. The van der Waals surface area contributed by atoms with Crippen LogP contribution in [0.1, 0.15) is 65.2 Å². The molecule has 3 aliphatic heterocycles. The molecule has 340 valence electrons. The summed E-state index contributed by atoms with van der Waals surface area (Å²) < 4.78 is 33.9. The van der Waals surface area contributed by atoms with E-state index >= 15 is 0 Å². The first-order valence-electron chi connectivity index (χ1n) is 19.2. The van der Waals surface area contributed by atoms with Crippen molar-refractivity contribution in [1.29, 1.82) is 0 Å². The zero-order valence-electron chi connectivity index (χ0n) is 32.9. The number of carbonyl (C=O) groups is 5. The molecule has 3 amide bonds. The number of carbonyl (C=O) groups excluding carboxylic acids is 4. The summed E-state index contributed by atoms with van der Waals surface area (Å²) in [5, 5.41) is 113. The number of amides is 3. The van der Waals surface area contributed by atoms with Gasteiger partial charge in [0.1, 0.15) is 66.8 Å². The molecule has 24 nitrogen and oxygen atoms in total. The van der Waals surface area contributed by atoms with Crippen molar-refractivity contribution in [2.24, 2.45) is 0 Å². The Bertz CT molecular complexity index is 1400. The van der Waals surface area contributed by atoms with E-state index < -0.39 is 135 Å². The summed E-state index contributed by atoms with van der Waals surface area (Å²) in [5.74, 6) is -6.60. The maximum Gasteiger partial charge on any atom is 0.364 e. The second kappa shape index (κ2) is 23.2. The average Bonchev–Trinajstić information content (AvgIpc) is 3.18. The van der Waals surface area contributed by atoms with Crippen molar-refractivity contribution in [2.75, 3.05) is 26.9 Å². The fourth-order valence-corrected chi connectivity index (χ4v) is 6.87. The maximum atomic E-state index is 12.7. The molecule has 0 aromatic heterocycles. The summed E-state index contributed by atoms with van der Waals surface area (Å²) >= 11 is 0. The smallest absolute Gasteiger partial charge is 0.364 e. The van der Waals surface area contributed by atoms with E-state index in [0.29, 0.717) is 38.5 Å². The Hall–Kier alpha value is -3.05. The standard InChI is InChI=1S/C35H59N3O21/c1-15(41)37-22-18(44)12-35(34(52)53,58-30(22)24(47)19(45)13-39)59-33-28(51)26(49)27(50)32(57-33)56-29-20(14-40)55-31(23(25(29)48)38-16(2)42)54-11-7-6-9-17(43)8-4-5-10-21(46)36-3/h18-20,22-33,39-40,44-45,47-51H,4-14H2,1-3H3,(H,36,46)(H,37,41)(H,38,42)(H,52,53)/t18-,19?,20?,22-,23?,24?,25-,26-,27?,28-,29-,30?,31-,32-,33?,35+/m1/s1. The van der Waals surface area contributed by atoms with Crippen LogP contribution in [-0.4, -0.2) is 205 Å². The highest BCUT2D eigenvalue weighted by Crippen LogP contribution is 2.38. The Morgan fingerprint density at radius 2 is 1.37 bits per heavy atom. The molecule has 0 spiro atoms. The van der Waals surface area contributed by atoms with E-state index in [1.54, 1.807) is 0 Å². The molecule has 3 rings (SSSR count). The molecule has 0 saturated carbocycles. The van der Waals surface area contributed by atoms with Crippen LogP contribution in [0.25, 0.3) is 0 Å². The van der Waals surface area contributed by atoms with Gasteiger partial charge < -0.3 is 95.4 Å². The molecule has 0 bridgehead atoms. The fraction of sp³-hybridized carbons (Fsp3) is 0.857. The van der Waals surface area contributed by atoms with Crippen molar-refractivity contribution < 1.29 is 103 Å². The summed E-state index contributed by atoms with van der Waals surface area (Å²) in [6.07, 6.45) is -23.7. The zero-order chi connectivity index (χ0) is 44.2. The van der Waals surface area contributed by atoms with Crippen LogP contribution in [0.15, 0.2) is 0 Å². The van der Waals surface area contributed by atoms with Gasteiger partial charge in [0.25, 0.3) is 5.79 Å². The highest BCUT2D eigenvalue weighted by Gasteiger charge is 2.59. The summed E-state index contributed by atoms with van der Waals surface area (Å²) in [4.78, 5) is 60.3. The topological polar surface area (TPSA) is 379 Å². The normalized spacial score (nSPS) is 35.9. The number of carboxylic acid groups (broad SMARTS) is 1. The number of nitrogens with one attached hydrogen (secondary N) is 3. The van der Waals surface area contributed by atoms with Crippen molar-refractivity contribution >= 4 is 29.5 Å². The van der Waals surface area contributed by atoms with Gasteiger partial charge in [-0.1, -0.05) is 0 Å².